The number of ether oxygens (including phenoxy) is 3. The second-order valence-electron chi connectivity index (χ2n) is 11.5. The molecule has 0 spiro atoms. The molecule has 242 valence electrons. The van der Waals surface area contributed by atoms with Crippen molar-refractivity contribution >= 4 is 33.2 Å². The van der Waals surface area contributed by atoms with Crippen molar-refractivity contribution in [2.45, 2.75) is 50.0 Å². The summed E-state index contributed by atoms with van der Waals surface area (Å²) in [5.74, 6) is -0.744. The third kappa shape index (κ3) is 6.73. The van der Waals surface area contributed by atoms with Gasteiger partial charge in [0.25, 0.3) is 0 Å². The largest absolute Gasteiger partial charge is 0.508 e. The smallest absolute Gasteiger partial charge is 0.335 e. The van der Waals surface area contributed by atoms with Crippen molar-refractivity contribution in [3.05, 3.63) is 77.9 Å². The van der Waals surface area contributed by atoms with Gasteiger partial charge in [0, 0.05) is 32.6 Å². The Balaban J connectivity index is 1.21. The van der Waals surface area contributed by atoms with Crippen LogP contribution in [0.3, 0.4) is 0 Å². The molecule has 0 amide bonds. The van der Waals surface area contributed by atoms with Gasteiger partial charge in [0.2, 0.25) is 6.29 Å². The number of fused-ring (bicyclic) bond motifs is 1. The van der Waals surface area contributed by atoms with Crippen molar-refractivity contribution in [1.82, 2.24) is 4.90 Å². The third-order valence-corrected chi connectivity index (χ3v) is 9.53. The number of benzene rings is 3. The van der Waals surface area contributed by atoms with Crippen molar-refractivity contribution in [3.63, 3.8) is 0 Å². The van der Waals surface area contributed by atoms with Crippen LogP contribution in [0.5, 0.6) is 17.2 Å². The van der Waals surface area contributed by atoms with Crippen molar-refractivity contribution in [1.29, 1.82) is 0 Å². The van der Waals surface area contributed by atoms with E-state index in [1.54, 1.807) is 60.7 Å². The van der Waals surface area contributed by atoms with Gasteiger partial charge in [0.15, 0.2) is 11.9 Å². The number of aliphatic hydroxyl groups is 3. The molecule has 0 radical (unpaired) electrons. The summed E-state index contributed by atoms with van der Waals surface area (Å²) in [6, 6.07) is 18.5. The van der Waals surface area contributed by atoms with Gasteiger partial charge in [-0.25, -0.2) is 4.79 Å². The molecule has 11 nitrogen and oxygen atoms in total. The van der Waals surface area contributed by atoms with Crippen LogP contribution in [0.2, 0.25) is 0 Å². The summed E-state index contributed by atoms with van der Waals surface area (Å²) >= 11 is 1.35. The lowest BCUT2D eigenvalue weighted by atomic mass is 9.97. The molecule has 3 aromatic carbocycles. The summed E-state index contributed by atoms with van der Waals surface area (Å²) in [7, 11) is 0. The van der Waals surface area contributed by atoms with Crippen LogP contribution in [0.1, 0.15) is 35.2 Å². The topological polar surface area (TPSA) is 166 Å². The fraction of sp³-hybridized carbons (Fsp3) is 0.353. The number of phenols is 1. The van der Waals surface area contributed by atoms with E-state index in [-0.39, 0.29) is 17.3 Å². The minimum atomic E-state index is -1.83. The van der Waals surface area contributed by atoms with Gasteiger partial charge in [0.05, 0.1) is 0 Å². The van der Waals surface area contributed by atoms with E-state index < -0.39 is 36.7 Å². The predicted octanol–water partition coefficient (Wildman–Crippen LogP) is 3.64. The van der Waals surface area contributed by atoms with Crippen molar-refractivity contribution in [2.75, 3.05) is 26.2 Å². The maximum Gasteiger partial charge on any atom is 0.335 e. The van der Waals surface area contributed by atoms with E-state index in [1.165, 1.54) is 36.7 Å². The molecule has 12 heteroatoms. The molecular formula is C34H35NO10S. The molecule has 0 unspecified atom stereocenters. The highest BCUT2D eigenvalue weighted by Crippen LogP contribution is 2.42. The van der Waals surface area contributed by atoms with E-state index >= 15 is 0 Å². The quantitative estimate of drug-likeness (QED) is 0.159. The number of aliphatic hydroxyl groups excluding tert-OH is 3. The maximum absolute atomic E-state index is 14.0. The van der Waals surface area contributed by atoms with E-state index in [9.17, 15) is 35.1 Å². The van der Waals surface area contributed by atoms with Crippen molar-refractivity contribution in [3.8, 4) is 27.7 Å². The number of carboxylic acids is 1. The molecule has 4 aromatic rings. The molecule has 5 atom stereocenters. The highest BCUT2D eigenvalue weighted by Gasteiger charge is 2.48. The Kier molecular flexibility index (Phi) is 9.54. The van der Waals surface area contributed by atoms with Crippen LogP contribution in [0, 0.1) is 0 Å². The minimum Gasteiger partial charge on any atom is -0.508 e. The Bertz CT molecular complexity index is 1680. The van der Waals surface area contributed by atoms with Crippen LogP contribution in [0.15, 0.2) is 66.7 Å². The normalized spacial score (nSPS) is 23.7. The Morgan fingerprint density at radius 3 is 2.26 bits per heavy atom. The number of aliphatic carboxylic acids is 1. The third-order valence-electron chi connectivity index (χ3n) is 8.32. The molecule has 2 saturated heterocycles. The van der Waals surface area contributed by atoms with E-state index in [1.807, 2.05) is 0 Å². The Labute approximate surface area is 268 Å². The standard InChI is InChI=1S/C34H35NO10S/c36-21-8-13-24-25(18-21)46-32(20-6-11-23(12-7-20)44-34-30(40)28(38)29(39)31(45-34)33(41)42)26(24)27(37)19-4-9-22(10-5-19)43-17-16-35-14-2-1-3-15-35/h4-13,18,28-31,34,36,38-40H,1-3,14-17H2,(H,41,42)/t28-,29-,30+,31-,34+/m0/s1. The first-order valence-electron chi connectivity index (χ1n) is 15.1. The number of carbonyl (C=O) groups is 2. The molecular weight excluding hydrogens is 614 g/mol. The first kappa shape index (κ1) is 31.9. The monoisotopic (exact) mass is 649 g/mol. The summed E-state index contributed by atoms with van der Waals surface area (Å²) in [5.41, 5.74) is 1.63. The SMILES string of the molecule is O=C(c1ccc(OCCN2CCCCC2)cc1)c1c(-c2ccc(O[C@@H]3O[C@H](C(=O)O)[C@@H](O)[C@H](O)[C@H]3O)cc2)sc2cc(O)ccc12. The summed E-state index contributed by atoms with van der Waals surface area (Å²) in [6.45, 7) is 3.64. The van der Waals surface area contributed by atoms with Crippen LogP contribution in [0.4, 0.5) is 0 Å². The fourth-order valence-electron chi connectivity index (χ4n) is 5.80. The van der Waals surface area contributed by atoms with Crippen LogP contribution in [-0.4, -0.2) is 99.1 Å². The number of hydrogen-bond acceptors (Lipinski definition) is 11. The lowest BCUT2D eigenvalue weighted by Crippen LogP contribution is -2.61. The van der Waals surface area contributed by atoms with Gasteiger partial charge in [-0.2, -0.15) is 0 Å². The van der Waals surface area contributed by atoms with Crippen molar-refractivity contribution < 1.29 is 49.3 Å². The molecule has 0 aliphatic carbocycles. The van der Waals surface area contributed by atoms with E-state index in [2.05, 4.69) is 4.90 Å². The predicted molar refractivity (Wildman–Crippen MR) is 170 cm³/mol. The zero-order valence-corrected chi connectivity index (χ0v) is 25.6. The lowest BCUT2D eigenvalue weighted by Gasteiger charge is -2.38. The molecule has 0 bridgehead atoms. The number of hydrogen-bond donors (Lipinski definition) is 5. The first-order valence-corrected chi connectivity index (χ1v) is 16.0. The zero-order chi connectivity index (χ0) is 32.4. The number of nitrogens with zero attached hydrogens (tertiary/aromatic N) is 1. The van der Waals surface area contributed by atoms with Gasteiger partial charge in [-0.3, -0.25) is 9.69 Å². The number of ketones is 1. The highest BCUT2D eigenvalue weighted by atomic mass is 32.1. The number of piperidine rings is 1. The molecule has 2 aliphatic heterocycles. The maximum atomic E-state index is 14.0. The van der Waals surface area contributed by atoms with Gasteiger partial charge < -0.3 is 39.7 Å². The summed E-state index contributed by atoms with van der Waals surface area (Å²) in [6.07, 6.45) is -4.93. The average Bonchev–Trinajstić information content (AvgIpc) is 3.44. The summed E-state index contributed by atoms with van der Waals surface area (Å²) in [4.78, 5) is 28.5. The molecule has 2 aliphatic rings. The molecule has 3 heterocycles. The number of phenolic OH excluding ortho intramolecular Hbond substituents is 1. The minimum absolute atomic E-state index is 0.0760. The Morgan fingerprint density at radius 1 is 0.870 bits per heavy atom. The Hall–Kier alpha value is -4.04. The number of thiophene rings is 1. The summed E-state index contributed by atoms with van der Waals surface area (Å²) < 4.78 is 17.5. The molecule has 2 fully saturated rings. The number of carboxylic acid groups (broad SMARTS) is 1. The molecule has 5 N–H and O–H groups in total. The molecule has 0 saturated carbocycles. The van der Waals surface area contributed by atoms with E-state index in [0.29, 0.717) is 39.3 Å². The van der Waals surface area contributed by atoms with Gasteiger partial charge in [-0.15, -0.1) is 11.3 Å². The van der Waals surface area contributed by atoms with Gasteiger partial charge in [-0.1, -0.05) is 6.42 Å². The fourth-order valence-corrected chi connectivity index (χ4v) is 7.04. The van der Waals surface area contributed by atoms with Crippen LogP contribution in [-0.2, 0) is 9.53 Å². The number of carbonyl (C=O) groups excluding carboxylic acids is 1. The average molecular weight is 650 g/mol. The van der Waals surface area contributed by atoms with Crippen molar-refractivity contribution in [2.24, 2.45) is 0 Å². The summed E-state index contributed by atoms with van der Waals surface area (Å²) in [5, 5.41) is 50.4. The van der Waals surface area contributed by atoms with Crippen LogP contribution in [0.25, 0.3) is 20.5 Å². The molecule has 46 heavy (non-hydrogen) atoms. The van der Waals surface area contributed by atoms with E-state index in [0.717, 1.165) is 24.3 Å². The van der Waals surface area contributed by atoms with Crippen LogP contribution < -0.4 is 9.47 Å². The van der Waals surface area contributed by atoms with Gasteiger partial charge >= 0.3 is 5.97 Å². The molecule has 1 aromatic heterocycles. The lowest BCUT2D eigenvalue weighted by molar-refractivity contribution is -0.271. The van der Waals surface area contributed by atoms with Crippen LogP contribution >= 0.6 is 11.3 Å². The number of aromatic hydroxyl groups is 1. The molecule has 6 rings (SSSR count). The second-order valence-corrected chi connectivity index (χ2v) is 12.5. The first-order chi connectivity index (χ1) is 22.2. The van der Waals surface area contributed by atoms with Gasteiger partial charge in [0.1, 0.15) is 42.2 Å². The van der Waals surface area contributed by atoms with E-state index in [4.69, 9.17) is 14.2 Å². The second kappa shape index (κ2) is 13.8. The Morgan fingerprint density at radius 2 is 1.57 bits per heavy atom. The zero-order valence-electron chi connectivity index (χ0n) is 24.8. The number of rotatable bonds is 10. The number of likely N-dealkylation sites (tertiary alicyclic amines) is 1. The van der Waals surface area contributed by atoms with Gasteiger partial charge in [-0.05, 0) is 98.2 Å². The highest BCUT2D eigenvalue weighted by molar-refractivity contribution is 7.22.